The van der Waals surface area contributed by atoms with Gasteiger partial charge in [0.15, 0.2) is 0 Å². The molecule has 2 aromatic heterocycles. The minimum Gasteiger partial charge on any atom is -0.439 e. The van der Waals surface area contributed by atoms with Gasteiger partial charge in [-0.05, 0) is 68.6 Å². The van der Waals surface area contributed by atoms with Crippen molar-refractivity contribution in [1.29, 1.82) is 0 Å². The maximum Gasteiger partial charge on any atom is 0.241 e. The van der Waals surface area contributed by atoms with Gasteiger partial charge in [-0.3, -0.25) is 14.7 Å². The van der Waals surface area contributed by atoms with E-state index in [4.69, 9.17) is 4.74 Å². The molecule has 1 fully saturated rings. The van der Waals surface area contributed by atoms with Crippen LogP contribution in [0.1, 0.15) is 29.7 Å². The monoisotopic (exact) mass is 402 g/mol. The molecule has 1 saturated heterocycles. The van der Waals surface area contributed by atoms with E-state index in [1.54, 1.807) is 18.5 Å². The van der Waals surface area contributed by atoms with E-state index in [0.29, 0.717) is 18.1 Å². The van der Waals surface area contributed by atoms with Gasteiger partial charge in [0.2, 0.25) is 11.8 Å². The molecule has 1 amide bonds. The second-order valence-corrected chi connectivity index (χ2v) is 7.62. The van der Waals surface area contributed by atoms with E-state index in [1.807, 2.05) is 43.3 Å². The summed E-state index contributed by atoms with van der Waals surface area (Å²) in [5, 5.41) is 2.99. The summed E-state index contributed by atoms with van der Waals surface area (Å²) in [7, 11) is 0. The molecule has 6 heteroatoms. The Kier molecular flexibility index (Phi) is 6.05. The molecule has 0 radical (unpaired) electrons. The predicted molar refractivity (Wildman–Crippen MR) is 117 cm³/mol. The summed E-state index contributed by atoms with van der Waals surface area (Å²) in [4.78, 5) is 23.8. The average Bonchev–Trinajstić information content (AvgIpc) is 3.22. The molecule has 0 aliphatic carbocycles. The van der Waals surface area contributed by atoms with E-state index in [-0.39, 0.29) is 11.9 Å². The van der Waals surface area contributed by atoms with E-state index in [9.17, 15) is 4.79 Å². The normalized spacial score (nSPS) is 16.4. The number of pyridine rings is 2. The topological polar surface area (TPSA) is 67.3 Å². The molecule has 1 unspecified atom stereocenters. The van der Waals surface area contributed by atoms with Crippen molar-refractivity contribution in [3.8, 4) is 11.6 Å². The minimum absolute atomic E-state index is 0.00609. The van der Waals surface area contributed by atoms with Gasteiger partial charge < -0.3 is 10.1 Å². The van der Waals surface area contributed by atoms with E-state index >= 15 is 0 Å². The summed E-state index contributed by atoms with van der Waals surface area (Å²) >= 11 is 0. The number of nitrogens with one attached hydrogen (secondary N) is 1. The highest BCUT2D eigenvalue weighted by Crippen LogP contribution is 2.26. The van der Waals surface area contributed by atoms with Crippen LogP contribution in [-0.4, -0.2) is 33.4 Å². The molecule has 4 rings (SSSR count). The first-order valence-corrected chi connectivity index (χ1v) is 10.2. The lowest BCUT2D eigenvalue weighted by Crippen LogP contribution is -2.39. The second kappa shape index (κ2) is 9.05. The zero-order valence-electron chi connectivity index (χ0n) is 17.3. The number of likely N-dealkylation sites (tertiary alicyclic amines) is 1. The van der Waals surface area contributed by atoms with Crippen LogP contribution in [0.25, 0.3) is 0 Å². The number of benzene rings is 1. The smallest absolute Gasteiger partial charge is 0.241 e. The number of hydrogen-bond acceptors (Lipinski definition) is 5. The lowest BCUT2D eigenvalue weighted by molar-refractivity contribution is -0.120. The zero-order chi connectivity index (χ0) is 20.9. The molecule has 1 aliphatic rings. The molecule has 154 valence electrons. The van der Waals surface area contributed by atoms with Crippen LogP contribution in [0.3, 0.4) is 0 Å². The van der Waals surface area contributed by atoms with Crippen molar-refractivity contribution >= 4 is 11.6 Å². The highest BCUT2D eigenvalue weighted by Gasteiger charge is 2.30. The maximum absolute atomic E-state index is 12.8. The maximum atomic E-state index is 12.8. The van der Waals surface area contributed by atoms with Crippen LogP contribution >= 0.6 is 0 Å². The number of hydrogen-bond donors (Lipinski definition) is 1. The second-order valence-electron chi connectivity index (χ2n) is 7.62. The Labute approximate surface area is 176 Å². The van der Waals surface area contributed by atoms with Gasteiger partial charge in [-0.15, -0.1) is 0 Å². The summed E-state index contributed by atoms with van der Waals surface area (Å²) in [6.45, 7) is 5.65. The minimum atomic E-state index is -0.155. The van der Waals surface area contributed by atoms with Gasteiger partial charge in [-0.1, -0.05) is 18.2 Å². The van der Waals surface area contributed by atoms with Crippen LogP contribution < -0.4 is 10.1 Å². The molecule has 0 saturated carbocycles. The number of ether oxygens (including phenoxy) is 1. The van der Waals surface area contributed by atoms with Crippen LogP contribution in [0, 0.1) is 13.8 Å². The van der Waals surface area contributed by atoms with Crippen LogP contribution in [0.2, 0.25) is 0 Å². The summed E-state index contributed by atoms with van der Waals surface area (Å²) in [5.74, 6) is 1.28. The summed E-state index contributed by atoms with van der Waals surface area (Å²) in [6.07, 6.45) is 5.27. The number of nitrogens with zero attached hydrogens (tertiary/aromatic N) is 3. The Bertz CT molecular complexity index is 1010. The number of amides is 1. The van der Waals surface area contributed by atoms with Crippen molar-refractivity contribution in [2.45, 2.75) is 39.3 Å². The van der Waals surface area contributed by atoms with Crippen LogP contribution in [0.4, 0.5) is 5.69 Å². The molecule has 30 heavy (non-hydrogen) atoms. The van der Waals surface area contributed by atoms with Crippen molar-refractivity contribution < 1.29 is 9.53 Å². The molecule has 1 aromatic carbocycles. The first-order valence-electron chi connectivity index (χ1n) is 10.2. The van der Waals surface area contributed by atoms with Crippen molar-refractivity contribution in [1.82, 2.24) is 14.9 Å². The Morgan fingerprint density at radius 3 is 2.80 bits per heavy atom. The standard InChI is InChI=1S/C24H26N4O2/c1-17-7-5-10-22(18(17)2)30-23-12-11-19(15-26-23)27-24(29)21-9-6-14-28(21)16-20-8-3-4-13-25-20/h3-5,7-8,10-13,15,21H,6,9,14,16H2,1-2H3,(H,27,29). The predicted octanol–water partition coefficient (Wildman–Crippen LogP) is 4.49. The van der Waals surface area contributed by atoms with Gasteiger partial charge in [-0.2, -0.15) is 0 Å². The average molecular weight is 402 g/mol. The number of aromatic nitrogens is 2. The van der Waals surface area contributed by atoms with Crippen LogP contribution in [0.15, 0.2) is 60.9 Å². The third-order valence-electron chi connectivity index (χ3n) is 5.53. The molecule has 1 aliphatic heterocycles. The van der Waals surface area contributed by atoms with E-state index in [1.165, 1.54) is 5.56 Å². The van der Waals surface area contributed by atoms with Crippen molar-refractivity contribution in [3.05, 3.63) is 77.7 Å². The lowest BCUT2D eigenvalue weighted by Gasteiger charge is -2.23. The van der Waals surface area contributed by atoms with Gasteiger partial charge in [-0.25, -0.2) is 4.98 Å². The number of rotatable bonds is 6. The summed E-state index contributed by atoms with van der Waals surface area (Å²) in [5.41, 5.74) is 3.90. The molecule has 1 N–H and O–H groups in total. The molecule has 1 atom stereocenters. The van der Waals surface area contributed by atoms with Crippen LogP contribution in [0.5, 0.6) is 11.6 Å². The third-order valence-corrected chi connectivity index (χ3v) is 5.53. The SMILES string of the molecule is Cc1cccc(Oc2ccc(NC(=O)C3CCCN3Cc3ccccn3)cn2)c1C. The molecule has 3 heterocycles. The van der Waals surface area contributed by atoms with Crippen molar-refractivity contribution in [2.24, 2.45) is 0 Å². The third kappa shape index (κ3) is 4.66. The van der Waals surface area contributed by atoms with Crippen LogP contribution in [-0.2, 0) is 11.3 Å². The summed E-state index contributed by atoms with van der Waals surface area (Å²) in [6, 6.07) is 15.2. The Balaban J connectivity index is 1.38. The highest BCUT2D eigenvalue weighted by atomic mass is 16.5. The lowest BCUT2D eigenvalue weighted by atomic mass is 10.1. The largest absolute Gasteiger partial charge is 0.439 e. The van der Waals surface area contributed by atoms with Gasteiger partial charge >= 0.3 is 0 Å². The molecular formula is C24H26N4O2. The molecule has 6 nitrogen and oxygen atoms in total. The fraction of sp³-hybridized carbons (Fsp3) is 0.292. The molecule has 0 spiro atoms. The quantitative estimate of drug-likeness (QED) is 0.658. The molecule has 3 aromatic rings. The van der Waals surface area contributed by atoms with Gasteiger partial charge in [0, 0.05) is 18.8 Å². The fourth-order valence-corrected chi connectivity index (χ4v) is 3.70. The van der Waals surface area contributed by atoms with Gasteiger partial charge in [0.1, 0.15) is 5.75 Å². The first kappa shape index (κ1) is 20.0. The van der Waals surface area contributed by atoms with Gasteiger partial charge in [0.25, 0.3) is 0 Å². The Morgan fingerprint density at radius 2 is 2.03 bits per heavy atom. The number of anilines is 1. The Morgan fingerprint density at radius 1 is 1.13 bits per heavy atom. The highest BCUT2D eigenvalue weighted by molar-refractivity contribution is 5.94. The fourth-order valence-electron chi connectivity index (χ4n) is 3.70. The van der Waals surface area contributed by atoms with Gasteiger partial charge in [0.05, 0.1) is 23.6 Å². The number of carbonyl (C=O) groups is 1. The van der Waals surface area contributed by atoms with E-state index in [2.05, 4.69) is 33.2 Å². The number of carbonyl (C=O) groups excluding carboxylic acids is 1. The first-order chi connectivity index (χ1) is 14.6. The number of aryl methyl sites for hydroxylation is 1. The Hall–Kier alpha value is -3.25. The molecular weight excluding hydrogens is 376 g/mol. The summed E-state index contributed by atoms with van der Waals surface area (Å²) < 4.78 is 5.89. The van der Waals surface area contributed by atoms with E-state index < -0.39 is 0 Å². The molecule has 0 bridgehead atoms. The van der Waals surface area contributed by atoms with E-state index in [0.717, 1.165) is 36.4 Å². The zero-order valence-corrected chi connectivity index (χ0v) is 17.3. The van der Waals surface area contributed by atoms with Crippen molar-refractivity contribution in [3.63, 3.8) is 0 Å². The van der Waals surface area contributed by atoms with Crippen molar-refractivity contribution in [2.75, 3.05) is 11.9 Å².